The van der Waals surface area contributed by atoms with E-state index in [0.29, 0.717) is 159 Å². The first-order chi connectivity index (χ1) is 62.6. The zero-order valence-corrected chi connectivity index (χ0v) is 77.6. The Bertz CT molecular complexity index is 3000. The smallest absolute Gasteiger partial charge is 0.306 e. The minimum absolute atomic E-state index is 0.0672. The van der Waals surface area contributed by atoms with Crippen molar-refractivity contribution < 1.29 is 162 Å². The van der Waals surface area contributed by atoms with E-state index in [-0.39, 0.29) is 182 Å². The highest BCUT2D eigenvalue weighted by atomic mass is 16.6. The summed E-state index contributed by atoms with van der Waals surface area (Å²) in [6.45, 7) is 20.8. The van der Waals surface area contributed by atoms with Gasteiger partial charge in [-0.15, -0.1) is 0 Å². The molecule has 746 valence electrons. The van der Waals surface area contributed by atoms with Crippen LogP contribution in [-0.2, 0) is 162 Å². The van der Waals surface area contributed by atoms with Gasteiger partial charge in [-0.3, -0.25) is 76.9 Å². The first-order valence-electron chi connectivity index (χ1n) is 44.6. The molecule has 0 aromatic heterocycles. The van der Waals surface area contributed by atoms with Crippen molar-refractivity contribution in [2.45, 2.75) is 167 Å². The lowest BCUT2D eigenvalue weighted by Gasteiger charge is -2.30. The fourth-order valence-electron chi connectivity index (χ4n) is 11.4. The number of hydrogen-bond donors (Lipinski definition) is 8. The molecule has 8 N–H and O–H groups in total. The topological polar surface area (TPSA) is 526 Å². The first kappa shape index (κ1) is 118. The van der Waals surface area contributed by atoms with Gasteiger partial charge in [0.2, 0.25) is 47.3 Å². The largest absolute Gasteiger partial charge is 0.460 e. The molecule has 44 heteroatoms. The summed E-state index contributed by atoms with van der Waals surface area (Å²) in [7, 11) is 3.22. The summed E-state index contributed by atoms with van der Waals surface area (Å²) in [6, 6.07) is -7.32. The van der Waals surface area contributed by atoms with Crippen molar-refractivity contribution in [1.82, 2.24) is 52.3 Å². The quantitative estimate of drug-likeness (QED) is 0.0204. The third-order valence-electron chi connectivity index (χ3n) is 17.7. The van der Waals surface area contributed by atoms with Crippen molar-refractivity contribution in [3.05, 3.63) is 24.3 Å². The monoisotopic (exact) mass is 1870 g/mol. The maximum absolute atomic E-state index is 15.3. The van der Waals surface area contributed by atoms with Gasteiger partial charge in [-0.1, -0.05) is 0 Å². The summed E-state index contributed by atoms with van der Waals surface area (Å²) in [4.78, 5) is 191. The molecule has 0 fully saturated rings. The van der Waals surface area contributed by atoms with Crippen molar-refractivity contribution in [3.8, 4) is 0 Å². The van der Waals surface area contributed by atoms with E-state index in [2.05, 4.69) is 42.5 Å². The maximum atomic E-state index is 15.3. The number of hydrogen-bond acceptors (Lipinski definition) is 34. The maximum Gasteiger partial charge on any atom is 0.306 e. The zero-order valence-electron chi connectivity index (χ0n) is 77.6. The number of carbonyl (C=O) groups excluding carboxylic acids is 14. The molecule has 0 saturated heterocycles. The third kappa shape index (κ3) is 66.2. The number of carbonyl (C=O) groups is 14. The molecular weight excluding hydrogens is 1720 g/mol. The normalized spacial score (nSPS) is 13.6. The molecule has 0 radical (unpaired) electrons. The highest BCUT2D eigenvalue weighted by Crippen LogP contribution is 2.15. The fourth-order valence-corrected chi connectivity index (χ4v) is 11.4. The highest BCUT2D eigenvalue weighted by molar-refractivity contribution is 6.13. The predicted molar refractivity (Wildman–Crippen MR) is 465 cm³/mol. The molecule has 2 heterocycles. The van der Waals surface area contributed by atoms with E-state index < -0.39 is 131 Å². The number of amides is 12. The van der Waals surface area contributed by atoms with Gasteiger partial charge in [-0.2, -0.15) is 0 Å². The van der Waals surface area contributed by atoms with Crippen LogP contribution in [0.2, 0.25) is 0 Å². The number of unbranched alkanes of at least 4 members (excludes halogenated alkanes) is 2. The summed E-state index contributed by atoms with van der Waals surface area (Å²) in [5.74, 6) is -10.6. The molecule has 12 amide bonds. The summed E-state index contributed by atoms with van der Waals surface area (Å²) >= 11 is 0. The van der Waals surface area contributed by atoms with Crippen LogP contribution in [0.5, 0.6) is 0 Å². The van der Waals surface area contributed by atoms with Gasteiger partial charge < -0.3 is 137 Å². The molecule has 2 aliphatic rings. The number of methoxy groups -OCH3 is 2. The Morgan fingerprint density at radius 2 is 0.515 bits per heavy atom. The minimum atomic E-state index is -2.16. The molecule has 4 unspecified atom stereocenters. The number of rotatable bonds is 87. The molecule has 0 aromatic carbocycles. The summed E-state index contributed by atoms with van der Waals surface area (Å²) in [5.41, 5.74) is -1.62. The van der Waals surface area contributed by atoms with Crippen LogP contribution in [-0.4, -0.2) is 406 Å². The fraction of sp³-hybridized carbons (Fsp3) is 0.791. The second-order valence-corrected chi connectivity index (χ2v) is 31.1. The van der Waals surface area contributed by atoms with E-state index >= 15 is 9.59 Å². The van der Waals surface area contributed by atoms with Gasteiger partial charge >= 0.3 is 11.9 Å². The molecule has 130 heavy (non-hydrogen) atoms. The molecule has 0 aromatic rings. The van der Waals surface area contributed by atoms with Gasteiger partial charge in [0, 0.05) is 103 Å². The lowest BCUT2D eigenvalue weighted by Crippen LogP contribution is -2.66. The van der Waals surface area contributed by atoms with Crippen molar-refractivity contribution >= 4 is 82.8 Å². The van der Waals surface area contributed by atoms with Crippen LogP contribution < -0.4 is 42.5 Å². The van der Waals surface area contributed by atoms with Crippen LogP contribution in [0.4, 0.5) is 0 Å². The summed E-state index contributed by atoms with van der Waals surface area (Å²) < 4.78 is 108. The molecule has 0 bridgehead atoms. The minimum Gasteiger partial charge on any atom is -0.460 e. The Balaban J connectivity index is 2.22. The number of nitrogens with zero attached hydrogens (tertiary/aromatic N) is 2. The van der Waals surface area contributed by atoms with Crippen molar-refractivity contribution in [2.24, 2.45) is 0 Å². The van der Waals surface area contributed by atoms with Crippen molar-refractivity contribution in [1.29, 1.82) is 0 Å². The van der Waals surface area contributed by atoms with Gasteiger partial charge in [-0.25, -0.2) is 0 Å². The predicted octanol–water partition coefficient (Wildman–Crippen LogP) is -1.06. The van der Waals surface area contributed by atoms with Gasteiger partial charge in [0.15, 0.2) is 0 Å². The Morgan fingerprint density at radius 1 is 0.277 bits per heavy atom. The lowest BCUT2D eigenvalue weighted by atomic mass is 10.0. The molecule has 0 spiro atoms. The molecule has 44 nitrogen and oxygen atoms in total. The Labute approximate surface area is 763 Å². The molecule has 0 saturated carbocycles. The van der Waals surface area contributed by atoms with E-state index in [0.717, 1.165) is 34.1 Å². The average molecular weight is 1870 g/mol. The molecule has 2 rings (SSSR count). The van der Waals surface area contributed by atoms with Crippen LogP contribution in [0.15, 0.2) is 24.3 Å². The number of esters is 2. The number of ether oxygens (including phenoxy) is 20. The number of imide groups is 2. The molecule has 2 aliphatic heterocycles. The second kappa shape index (κ2) is 77.2. The van der Waals surface area contributed by atoms with Crippen molar-refractivity contribution in [3.63, 3.8) is 0 Å². The first-order valence-corrected chi connectivity index (χ1v) is 44.6. The van der Waals surface area contributed by atoms with E-state index in [1.807, 2.05) is 0 Å². The lowest BCUT2D eigenvalue weighted by molar-refractivity contribution is -0.156. The van der Waals surface area contributed by atoms with Gasteiger partial charge in [0.05, 0.1) is 211 Å². The van der Waals surface area contributed by atoms with Crippen LogP contribution in [0.1, 0.15) is 131 Å². The standard InChI is InChI=1S/C86H148N10O34/c1-85(2,3)129-77(105)21-13-29-89-81(107)67(17-9-11-27-87-71(99)65-127-63-61-125-59-57-123-55-53-121-51-49-119-47-45-117-43-41-115-39-37-113-35-33-111-7)91-83(109)79(93-69(97)19-15-31-95-73(101)23-24-74(95)102)80(94-70(98)20-16-32-96-75(103)25-26-76(96)104)84(110)92-68(82(108)90-30-14-22-78(106)130-86(4,5)6)18-10-12-28-88-72(100)66-128-64-62-126-60-58-124-56-54-122-52-50-120-48-46-118-44-42-116-40-38-114-36-34-112-8/h23-26,67-68,79-80H,9-22,27-66H2,1-8H3,(H,87,99)(H,88,100)(H,89,107)(H,90,108)(H,91,109)(H,92,110)(H,93,97)(H,94,98). The molecule has 4 atom stereocenters. The molecule has 0 aliphatic carbocycles. The highest BCUT2D eigenvalue weighted by Gasteiger charge is 2.40. The Kier molecular flexibility index (Phi) is 70.0. The van der Waals surface area contributed by atoms with Crippen molar-refractivity contribution in [2.75, 3.05) is 278 Å². The van der Waals surface area contributed by atoms with E-state index in [4.69, 9.17) is 94.7 Å². The van der Waals surface area contributed by atoms with Gasteiger partial charge in [0.1, 0.15) is 48.6 Å². The van der Waals surface area contributed by atoms with E-state index in [1.54, 1.807) is 55.8 Å². The van der Waals surface area contributed by atoms with Crippen LogP contribution in [0.25, 0.3) is 0 Å². The zero-order chi connectivity index (χ0) is 95.4. The van der Waals surface area contributed by atoms with E-state index in [9.17, 15) is 57.5 Å². The Morgan fingerprint density at radius 3 is 0.762 bits per heavy atom. The van der Waals surface area contributed by atoms with Crippen LogP contribution in [0.3, 0.4) is 0 Å². The van der Waals surface area contributed by atoms with Crippen LogP contribution >= 0.6 is 0 Å². The third-order valence-corrected chi connectivity index (χ3v) is 17.7. The van der Waals surface area contributed by atoms with Gasteiger partial charge in [0.25, 0.3) is 23.6 Å². The second-order valence-electron chi connectivity index (χ2n) is 31.1. The van der Waals surface area contributed by atoms with Gasteiger partial charge in [-0.05, 0) is 106 Å². The SMILES string of the molecule is COCCOCCOCCOCCOCCOCCOCCOCCOCC(=O)NCCCCC(NC(=O)C(NC(=O)CCCN1C(=O)C=CC1=O)C(NC(=O)CCCN1C(=O)C=CC1=O)C(=O)NC(CCCCNC(=O)COCCOCCOCCOCCOCCOCCOCCOCCOC)C(=O)NCCCC(=O)OC(C)(C)C)C(=O)NCCCC(=O)OC(C)(C)C. The van der Waals surface area contributed by atoms with Crippen LogP contribution in [0, 0.1) is 0 Å². The summed E-state index contributed by atoms with van der Waals surface area (Å²) in [6.07, 6.45) is 3.17. The molecular formula is C86H148N10O34. The summed E-state index contributed by atoms with van der Waals surface area (Å²) in [5, 5.41) is 21.1. The van der Waals surface area contributed by atoms with E-state index in [1.165, 1.54) is 0 Å². The average Bonchev–Trinajstić information content (AvgIpc) is 1.04. The number of nitrogens with one attached hydrogen (secondary N) is 8. The Hall–Kier alpha value is -8.26.